The van der Waals surface area contributed by atoms with Gasteiger partial charge in [0.2, 0.25) is 0 Å². The maximum atomic E-state index is 2.12. The molecule has 0 unspecified atom stereocenters. The van der Waals surface area contributed by atoms with Gasteiger partial charge in [-0.2, -0.15) is 0 Å². The first kappa shape index (κ1) is 18.2. The van der Waals surface area contributed by atoms with Gasteiger partial charge in [0, 0.05) is 0 Å². The van der Waals surface area contributed by atoms with Crippen LogP contribution in [0.1, 0.15) is 6.42 Å². The molecule has 0 aromatic heterocycles. The van der Waals surface area contributed by atoms with Crippen molar-refractivity contribution in [1.82, 2.24) is 0 Å². The van der Waals surface area contributed by atoms with Crippen LogP contribution >= 0.6 is 0 Å². The lowest BCUT2D eigenvalue weighted by Gasteiger charge is -1.79. The first-order valence-corrected chi connectivity index (χ1v) is 7.82. The Balaban J connectivity index is 2.63. The molecule has 0 radical (unpaired) electrons. The molecular formula is C23H24. The third-order valence-corrected chi connectivity index (χ3v) is 2.66. The predicted octanol–water partition coefficient (Wildman–Crippen LogP) is 6.51. The highest BCUT2D eigenvalue weighted by Gasteiger charge is 1.69. The van der Waals surface area contributed by atoms with Crippen LogP contribution in [-0.4, -0.2) is 0 Å². The Kier molecular flexibility index (Phi) is 12.3. The van der Waals surface area contributed by atoms with Gasteiger partial charge in [0.25, 0.3) is 0 Å². The average molecular weight is 300 g/mol. The second-order valence-electron chi connectivity index (χ2n) is 4.56. The van der Waals surface area contributed by atoms with Crippen LogP contribution in [0.15, 0.2) is 134 Å². The smallest absolute Gasteiger partial charge is 0.0163 e. The number of rotatable bonds is 0. The molecule has 0 N–H and O–H groups in total. The molecule has 0 nitrogen and oxygen atoms in total. The van der Waals surface area contributed by atoms with Crippen molar-refractivity contribution < 1.29 is 0 Å². The van der Waals surface area contributed by atoms with Crippen LogP contribution in [0.4, 0.5) is 0 Å². The Morgan fingerprint density at radius 2 is 0.391 bits per heavy atom. The zero-order chi connectivity index (χ0) is 16.3. The summed E-state index contributed by atoms with van der Waals surface area (Å²) >= 11 is 0. The summed E-state index contributed by atoms with van der Waals surface area (Å²) < 4.78 is 0. The highest BCUT2D eigenvalue weighted by atomic mass is 13.8. The summed E-state index contributed by atoms with van der Waals surface area (Å²) in [5.41, 5.74) is 0. The summed E-state index contributed by atoms with van der Waals surface area (Å²) in [6, 6.07) is 0. The molecule has 0 saturated heterocycles. The Morgan fingerprint density at radius 3 is 0.609 bits per heavy atom. The molecule has 0 aromatic rings. The summed E-state index contributed by atoms with van der Waals surface area (Å²) in [4.78, 5) is 0. The van der Waals surface area contributed by atoms with Gasteiger partial charge in [0.1, 0.15) is 0 Å². The Morgan fingerprint density at radius 1 is 0.217 bits per heavy atom. The second-order valence-corrected chi connectivity index (χ2v) is 4.56. The van der Waals surface area contributed by atoms with Crippen LogP contribution in [0.2, 0.25) is 0 Å². The van der Waals surface area contributed by atoms with Gasteiger partial charge in [-0.3, -0.25) is 0 Å². The lowest BCUT2D eigenvalue weighted by atomic mass is 10.3. The Hall–Kier alpha value is -2.86. The molecule has 0 fully saturated rings. The van der Waals surface area contributed by atoms with E-state index in [0.717, 1.165) is 6.42 Å². The van der Waals surface area contributed by atoms with E-state index in [2.05, 4.69) is 24.3 Å². The third-order valence-electron chi connectivity index (χ3n) is 2.66. The molecule has 1 aliphatic carbocycles. The summed E-state index contributed by atoms with van der Waals surface area (Å²) in [5.74, 6) is 0. The minimum atomic E-state index is 0.935. The molecule has 0 bridgehead atoms. The molecule has 0 amide bonds. The molecule has 0 aliphatic heterocycles. The van der Waals surface area contributed by atoms with Gasteiger partial charge in [-0.1, -0.05) is 134 Å². The van der Waals surface area contributed by atoms with Gasteiger partial charge in [-0.15, -0.1) is 0 Å². The van der Waals surface area contributed by atoms with Crippen molar-refractivity contribution in [3.8, 4) is 0 Å². The molecule has 0 heterocycles. The fraction of sp³-hybridized carbons (Fsp3) is 0.0435. The lowest BCUT2D eigenvalue weighted by Crippen LogP contribution is -1.58. The van der Waals surface area contributed by atoms with Crippen LogP contribution < -0.4 is 0 Å². The van der Waals surface area contributed by atoms with Crippen LogP contribution in [-0.2, 0) is 0 Å². The van der Waals surface area contributed by atoms with Crippen LogP contribution in [0, 0.1) is 0 Å². The van der Waals surface area contributed by atoms with Crippen molar-refractivity contribution >= 4 is 0 Å². The van der Waals surface area contributed by atoms with Crippen molar-refractivity contribution in [2.45, 2.75) is 6.42 Å². The summed E-state index contributed by atoms with van der Waals surface area (Å²) in [6.45, 7) is 0. The minimum absolute atomic E-state index is 0.935. The lowest BCUT2D eigenvalue weighted by molar-refractivity contribution is 1.39. The third kappa shape index (κ3) is 13.9. The van der Waals surface area contributed by atoms with E-state index in [1.807, 2.05) is 109 Å². The topological polar surface area (TPSA) is 0 Å². The quantitative estimate of drug-likeness (QED) is 0.478. The Labute approximate surface area is 140 Å². The van der Waals surface area contributed by atoms with Gasteiger partial charge in [0.15, 0.2) is 0 Å². The zero-order valence-corrected chi connectivity index (χ0v) is 13.4. The molecule has 0 spiro atoms. The average Bonchev–Trinajstić information content (AvgIpc) is 2.56. The fourth-order valence-electron chi connectivity index (χ4n) is 1.55. The number of allylic oxidation sites excluding steroid dienone is 22. The first-order chi connectivity index (χ1) is 11.5. The van der Waals surface area contributed by atoms with Gasteiger partial charge in [-0.05, 0) is 6.42 Å². The minimum Gasteiger partial charge on any atom is -0.0807 e. The maximum absolute atomic E-state index is 2.12. The number of hydrogen-bond acceptors (Lipinski definition) is 0. The van der Waals surface area contributed by atoms with E-state index in [9.17, 15) is 0 Å². The standard InChI is InChI=1S/C23H24/c1-2-4-6-8-10-12-14-16-18-20-22-23-21-19-17-15-13-11-9-7-5-3-1/h1-22H,23H2. The highest BCUT2D eigenvalue weighted by molar-refractivity contribution is 5.23. The molecule has 0 atom stereocenters. The Bertz CT molecular complexity index is 552. The molecular weight excluding hydrogens is 276 g/mol. The predicted molar refractivity (Wildman–Crippen MR) is 105 cm³/mol. The second kappa shape index (κ2) is 15.5. The zero-order valence-electron chi connectivity index (χ0n) is 13.4. The van der Waals surface area contributed by atoms with Crippen LogP contribution in [0.5, 0.6) is 0 Å². The monoisotopic (exact) mass is 300 g/mol. The molecule has 0 heteroatoms. The van der Waals surface area contributed by atoms with E-state index < -0.39 is 0 Å². The molecule has 0 saturated carbocycles. The van der Waals surface area contributed by atoms with Crippen molar-refractivity contribution in [2.75, 3.05) is 0 Å². The van der Waals surface area contributed by atoms with Gasteiger partial charge in [0.05, 0.1) is 0 Å². The highest BCUT2D eigenvalue weighted by Crippen LogP contribution is 1.90. The summed E-state index contributed by atoms with van der Waals surface area (Å²) in [6.07, 6.45) is 45.5. The molecule has 1 aliphatic rings. The normalized spacial score (nSPS) is 16.3. The van der Waals surface area contributed by atoms with E-state index in [1.165, 1.54) is 0 Å². The van der Waals surface area contributed by atoms with E-state index in [-0.39, 0.29) is 0 Å². The van der Waals surface area contributed by atoms with Crippen LogP contribution in [0.25, 0.3) is 0 Å². The summed E-state index contributed by atoms with van der Waals surface area (Å²) in [7, 11) is 0. The van der Waals surface area contributed by atoms with Gasteiger partial charge >= 0.3 is 0 Å². The van der Waals surface area contributed by atoms with Crippen molar-refractivity contribution in [1.29, 1.82) is 0 Å². The van der Waals surface area contributed by atoms with E-state index in [1.54, 1.807) is 0 Å². The fourth-order valence-corrected chi connectivity index (χ4v) is 1.55. The van der Waals surface area contributed by atoms with Crippen molar-refractivity contribution in [2.24, 2.45) is 0 Å². The molecule has 116 valence electrons. The SMILES string of the molecule is C1=CC=CC=CC=CC=CC=CCC=CC=CC=CC=CC=C1. The van der Waals surface area contributed by atoms with E-state index in [0.29, 0.717) is 0 Å². The van der Waals surface area contributed by atoms with Crippen LogP contribution in [0.3, 0.4) is 0 Å². The molecule has 1 rings (SSSR count). The maximum Gasteiger partial charge on any atom is -0.0163 e. The van der Waals surface area contributed by atoms with Gasteiger partial charge < -0.3 is 0 Å². The largest absolute Gasteiger partial charge is 0.0807 e. The summed E-state index contributed by atoms with van der Waals surface area (Å²) in [5, 5.41) is 0. The van der Waals surface area contributed by atoms with E-state index >= 15 is 0 Å². The molecule has 23 heavy (non-hydrogen) atoms. The van der Waals surface area contributed by atoms with Crippen molar-refractivity contribution in [3.63, 3.8) is 0 Å². The first-order valence-electron chi connectivity index (χ1n) is 7.82. The molecule has 0 aromatic carbocycles. The van der Waals surface area contributed by atoms with Crippen molar-refractivity contribution in [3.05, 3.63) is 134 Å². The number of hydrogen-bond donors (Lipinski definition) is 0. The van der Waals surface area contributed by atoms with Gasteiger partial charge in [-0.25, -0.2) is 0 Å². The van der Waals surface area contributed by atoms with E-state index in [4.69, 9.17) is 0 Å².